The monoisotopic (exact) mass is 455 g/mol. The molecule has 0 bridgehead atoms. The minimum atomic E-state index is -1.29. The summed E-state index contributed by atoms with van der Waals surface area (Å²) in [6.07, 6.45) is 0. The van der Waals surface area contributed by atoms with Gasteiger partial charge in [0.05, 0.1) is 18.2 Å². The van der Waals surface area contributed by atoms with Crippen LogP contribution in [0, 0.1) is 6.92 Å². The first-order chi connectivity index (χ1) is 15.5. The fraction of sp³-hybridized carbons (Fsp3) is 0.286. The van der Waals surface area contributed by atoms with Gasteiger partial charge in [0.2, 0.25) is 11.6 Å². The van der Waals surface area contributed by atoms with Crippen molar-refractivity contribution in [3.05, 3.63) is 69.5 Å². The topological polar surface area (TPSA) is 156 Å². The van der Waals surface area contributed by atoms with E-state index in [0.29, 0.717) is 0 Å². The first-order valence-electron chi connectivity index (χ1n) is 9.64. The molecule has 33 heavy (non-hydrogen) atoms. The summed E-state index contributed by atoms with van der Waals surface area (Å²) in [6.45, 7) is 4.62. The highest BCUT2D eigenvalue weighted by atomic mass is 16.5. The van der Waals surface area contributed by atoms with Gasteiger partial charge in [-0.3, -0.25) is 14.2 Å². The van der Waals surface area contributed by atoms with Gasteiger partial charge in [0, 0.05) is 14.0 Å². The van der Waals surface area contributed by atoms with Gasteiger partial charge in [-0.1, -0.05) is 18.2 Å². The van der Waals surface area contributed by atoms with Crippen molar-refractivity contribution in [2.45, 2.75) is 26.3 Å². The van der Waals surface area contributed by atoms with Crippen LogP contribution in [0.4, 0.5) is 0 Å². The molecule has 1 amide bonds. The lowest BCUT2D eigenvalue weighted by Gasteiger charge is -2.27. The van der Waals surface area contributed by atoms with E-state index in [1.165, 1.54) is 26.1 Å². The fourth-order valence-electron chi connectivity index (χ4n) is 2.97. The van der Waals surface area contributed by atoms with E-state index in [1.54, 1.807) is 32.0 Å². The van der Waals surface area contributed by atoms with Gasteiger partial charge in [-0.2, -0.15) is 0 Å². The molecule has 0 unspecified atom stereocenters. The van der Waals surface area contributed by atoms with Crippen LogP contribution in [0.5, 0.6) is 5.75 Å². The minimum Gasteiger partial charge on any atom is -0.464 e. The number of nitrogens with one attached hydrogen (secondary N) is 1. The third kappa shape index (κ3) is 4.79. The van der Waals surface area contributed by atoms with E-state index in [9.17, 15) is 19.2 Å². The summed E-state index contributed by atoms with van der Waals surface area (Å²) >= 11 is 0. The minimum absolute atomic E-state index is 0.0167. The molecule has 1 N–H and O–H groups in total. The van der Waals surface area contributed by atoms with Gasteiger partial charge in [0.15, 0.2) is 5.69 Å². The average molecular weight is 455 g/mol. The second-order valence-corrected chi connectivity index (χ2v) is 7.43. The zero-order valence-electron chi connectivity index (χ0n) is 18.5. The lowest BCUT2D eigenvalue weighted by Crippen LogP contribution is -2.46. The Bertz CT molecular complexity index is 1280. The number of amides is 1. The molecule has 1 aromatic carbocycles. The molecule has 3 aromatic rings. The van der Waals surface area contributed by atoms with Gasteiger partial charge in [0.1, 0.15) is 5.82 Å². The Balaban J connectivity index is 2.04. The molecular weight excluding hydrogens is 434 g/mol. The number of aryl methyl sites for hydroxylation is 1. The summed E-state index contributed by atoms with van der Waals surface area (Å²) in [5, 5.41) is 9.87. The number of rotatable bonds is 6. The predicted molar refractivity (Wildman–Crippen MR) is 112 cm³/mol. The Morgan fingerprint density at radius 1 is 1.09 bits per heavy atom. The van der Waals surface area contributed by atoms with Crippen molar-refractivity contribution in [1.82, 2.24) is 25.1 Å². The second kappa shape index (κ2) is 9.02. The quantitative estimate of drug-likeness (QED) is 0.535. The summed E-state index contributed by atoms with van der Waals surface area (Å²) in [5.74, 6) is -3.28. The Morgan fingerprint density at radius 3 is 2.33 bits per heavy atom. The number of benzene rings is 1. The van der Waals surface area contributed by atoms with Crippen molar-refractivity contribution >= 4 is 17.8 Å². The number of hydrogen-bond acceptors (Lipinski definition) is 10. The number of hydrogen-bond donors (Lipinski definition) is 1. The van der Waals surface area contributed by atoms with E-state index in [-0.39, 0.29) is 23.2 Å². The van der Waals surface area contributed by atoms with Crippen LogP contribution in [-0.2, 0) is 17.3 Å². The first kappa shape index (κ1) is 23.3. The summed E-state index contributed by atoms with van der Waals surface area (Å²) in [7, 11) is 2.45. The highest BCUT2D eigenvalue weighted by molar-refractivity contribution is 5.95. The SMILES string of the molecule is COC(=O)c1nc(C(C)(C)NC(=O)c2nnc(C)o2)n(C)c(=O)c1OC(=O)c1ccccc1. The third-order valence-electron chi connectivity index (χ3n) is 4.54. The largest absolute Gasteiger partial charge is 0.464 e. The standard InChI is InChI=1S/C21H21N5O7/c1-11-24-25-16(32-11)15(27)23-21(2,3)20-22-13(19(30)31-5)14(17(28)26(20)4)33-18(29)12-9-7-6-8-10-12/h6-10H,1-5H3,(H,23,27). The highest BCUT2D eigenvalue weighted by Crippen LogP contribution is 2.22. The van der Waals surface area contributed by atoms with Crippen LogP contribution in [0.15, 0.2) is 39.5 Å². The van der Waals surface area contributed by atoms with Crippen molar-refractivity contribution < 1.29 is 28.3 Å². The van der Waals surface area contributed by atoms with E-state index in [2.05, 4.69) is 20.5 Å². The van der Waals surface area contributed by atoms with Crippen LogP contribution >= 0.6 is 0 Å². The van der Waals surface area contributed by atoms with Crippen LogP contribution in [0.25, 0.3) is 0 Å². The normalized spacial score (nSPS) is 11.1. The van der Waals surface area contributed by atoms with E-state index in [1.807, 2.05) is 0 Å². The van der Waals surface area contributed by atoms with Gasteiger partial charge >= 0.3 is 23.7 Å². The molecule has 2 aromatic heterocycles. The molecule has 2 heterocycles. The van der Waals surface area contributed by atoms with Crippen molar-refractivity contribution in [1.29, 1.82) is 0 Å². The lowest BCUT2D eigenvalue weighted by atomic mass is 10.0. The van der Waals surface area contributed by atoms with Crippen molar-refractivity contribution in [3.63, 3.8) is 0 Å². The van der Waals surface area contributed by atoms with Crippen LogP contribution < -0.4 is 15.6 Å². The maximum absolute atomic E-state index is 13.1. The summed E-state index contributed by atoms with van der Waals surface area (Å²) in [4.78, 5) is 54.7. The highest BCUT2D eigenvalue weighted by Gasteiger charge is 2.34. The maximum Gasteiger partial charge on any atom is 0.360 e. The zero-order valence-corrected chi connectivity index (χ0v) is 18.5. The molecule has 0 radical (unpaired) electrons. The molecule has 0 saturated heterocycles. The molecule has 0 saturated carbocycles. The fourth-order valence-corrected chi connectivity index (χ4v) is 2.97. The van der Waals surface area contributed by atoms with Crippen LogP contribution in [0.2, 0.25) is 0 Å². The molecule has 172 valence electrons. The van der Waals surface area contributed by atoms with Gasteiger partial charge < -0.3 is 19.2 Å². The molecule has 0 aliphatic carbocycles. The summed E-state index contributed by atoms with van der Waals surface area (Å²) in [6, 6.07) is 7.92. The van der Waals surface area contributed by atoms with Crippen molar-refractivity contribution in [3.8, 4) is 5.75 Å². The Kier molecular flexibility index (Phi) is 6.38. The van der Waals surface area contributed by atoms with Crippen molar-refractivity contribution in [2.24, 2.45) is 7.05 Å². The maximum atomic E-state index is 13.1. The van der Waals surface area contributed by atoms with E-state index < -0.39 is 40.4 Å². The number of nitrogens with zero attached hydrogens (tertiary/aromatic N) is 4. The number of methoxy groups -OCH3 is 1. The lowest BCUT2D eigenvalue weighted by molar-refractivity contribution is 0.0583. The van der Waals surface area contributed by atoms with Gasteiger partial charge in [-0.05, 0) is 26.0 Å². The van der Waals surface area contributed by atoms with Gasteiger partial charge in [-0.25, -0.2) is 14.6 Å². The van der Waals surface area contributed by atoms with Gasteiger partial charge in [0.25, 0.3) is 5.56 Å². The summed E-state index contributed by atoms with van der Waals surface area (Å²) in [5.41, 5.74) is -2.48. The first-order valence-corrected chi connectivity index (χ1v) is 9.64. The Morgan fingerprint density at radius 2 is 1.76 bits per heavy atom. The zero-order chi connectivity index (χ0) is 24.3. The molecule has 12 heteroatoms. The number of esters is 2. The smallest absolute Gasteiger partial charge is 0.360 e. The molecule has 3 rings (SSSR count). The van der Waals surface area contributed by atoms with Crippen molar-refractivity contribution in [2.75, 3.05) is 7.11 Å². The molecule has 0 fully saturated rings. The van der Waals surface area contributed by atoms with Crippen LogP contribution in [-0.4, -0.2) is 44.7 Å². The molecule has 0 spiro atoms. The van der Waals surface area contributed by atoms with E-state index in [4.69, 9.17) is 13.9 Å². The Hall–Kier alpha value is -4.35. The number of aromatic nitrogens is 4. The Labute approximate surface area is 187 Å². The average Bonchev–Trinajstić information content (AvgIpc) is 3.23. The molecule has 12 nitrogen and oxygen atoms in total. The van der Waals surface area contributed by atoms with Crippen LogP contribution in [0.3, 0.4) is 0 Å². The van der Waals surface area contributed by atoms with Gasteiger partial charge in [-0.15, -0.1) is 10.2 Å². The number of ether oxygens (including phenoxy) is 2. The molecule has 0 aliphatic rings. The predicted octanol–water partition coefficient (Wildman–Crippen LogP) is 1.14. The molecule has 0 atom stereocenters. The van der Waals surface area contributed by atoms with E-state index >= 15 is 0 Å². The van der Waals surface area contributed by atoms with Crippen LogP contribution in [0.1, 0.15) is 57.1 Å². The van der Waals surface area contributed by atoms with E-state index in [0.717, 1.165) is 11.7 Å². The molecule has 0 aliphatic heterocycles. The molecular formula is C21H21N5O7. The summed E-state index contributed by atoms with van der Waals surface area (Å²) < 4.78 is 16.1. The number of carbonyl (C=O) groups is 3. The second-order valence-electron chi connectivity index (χ2n) is 7.43. The number of carbonyl (C=O) groups excluding carboxylic acids is 3. The third-order valence-corrected chi connectivity index (χ3v) is 4.54.